The second-order valence-electron chi connectivity index (χ2n) is 6.54. The maximum Gasteiger partial charge on any atom is 0.270 e. The van der Waals surface area contributed by atoms with Crippen molar-refractivity contribution in [3.8, 4) is 16.3 Å². The van der Waals surface area contributed by atoms with Crippen LogP contribution in [0.2, 0.25) is 0 Å². The van der Waals surface area contributed by atoms with Crippen LogP contribution >= 0.6 is 11.3 Å². The first-order chi connectivity index (χ1) is 13.5. The molecule has 0 aliphatic heterocycles. The van der Waals surface area contributed by atoms with Crippen LogP contribution in [0.25, 0.3) is 10.6 Å². The number of ether oxygens (including phenoxy) is 1. The van der Waals surface area contributed by atoms with Crippen LogP contribution in [-0.2, 0) is 6.61 Å². The van der Waals surface area contributed by atoms with E-state index in [1.165, 1.54) is 23.5 Å². The van der Waals surface area contributed by atoms with Crippen LogP contribution in [0.1, 0.15) is 16.1 Å². The summed E-state index contributed by atoms with van der Waals surface area (Å²) in [7, 11) is 3.91. The summed E-state index contributed by atoms with van der Waals surface area (Å²) in [6.07, 6.45) is 0. The van der Waals surface area contributed by atoms with E-state index in [4.69, 9.17) is 4.74 Å². The fourth-order valence-corrected chi connectivity index (χ4v) is 3.30. The Labute approximate surface area is 167 Å². The average molecular weight is 399 g/mol. The summed E-state index contributed by atoms with van der Waals surface area (Å²) in [4.78, 5) is 18.6. The number of thiazole rings is 1. The Bertz CT molecular complexity index is 943. The third-order valence-electron chi connectivity index (χ3n) is 3.96. The number of rotatable bonds is 8. The molecule has 0 spiro atoms. The molecule has 1 amide bonds. The Kier molecular flexibility index (Phi) is 6.73. The second kappa shape index (κ2) is 9.43. The van der Waals surface area contributed by atoms with Gasteiger partial charge in [-0.2, -0.15) is 0 Å². The number of nitrogens with one attached hydrogen (secondary N) is 1. The van der Waals surface area contributed by atoms with Gasteiger partial charge in [0.25, 0.3) is 5.91 Å². The quantitative estimate of drug-likeness (QED) is 0.626. The zero-order valence-electron chi connectivity index (χ0n) is 15.8. The van der Waals surface area contributed by atoms with Crippen molar-refractivity contribution < 1.29 is 13.9 Å². The maximum atomic E-state index is 13.3. The van der Waals surface area contributed by atoms with Gasteiger partial charge in [-0.1, -0.05) is 24.3 Å². The van der Waals surface area contributed by atoms with Crippen molar-refractivity contribution in [2.45, 2.75) is 6.61 Å². The summed E-state index contributed by atoms with van der Waals surface area (Å²) in [6, 6.07) is 13.8. The van der Waals surface area contributed by atoms with Gasteiger partial charge in [-0.25, -0.2) is 9.37 Å². The van der Waals surface area contributed by atoms with E-state index in [0.717, 1.165) is 22.7 Å². The largest absolute Gasteiger partial charge is 0.489 e. The first-order valence-corrected chi connectivity index (χ1v) is 9.75. The Hall–Kier alpha value is -2.77. The first kappa shape index (κ1) is 20.0. The highest BCUT2D eigenvalue weighted by molar-refractivity contribution is 7.13. The first-order valence-electron chi connectivity index (χ1n) is 8.87. The van der Waals surface area contributed by atoms with Gasteiger partial charge in [0.05, 0.1) is 0 Å². The normalized spacial score (nSPS) is 10.9. The van der Waals surface area contributed by atoms with E-state index in [1.54, 1.807) is 11.4 Å². The highest BCUT2D eigenvalue weighted by Gasteiger charge is 2.12. The number of aromatic nitrogens is 1. The monoisotopic (exact) mass is 399 g/mol. The predicted octanol–water partition coefficient (Wildman–Crippen LogP) is 3.82. The molecule has 0 aliphatic rings. The van der Waals surface area contributed by atoms with Crippen molar-refractivity contribution in [3.63, 3.8) is 0 Å². The SMILES string of the molecule is CN(C)CCNC(=O)c1csc(-c2cccc(OCc3cccc(F)c3)c2)n1. The molecule has 1 heterocycles. The van der Waals surface area contributed by atoms with Crippen molar-refractivity contribution in [3.05, 3.63) is 71.0 Å². The van der Waals surface area contributed by atoms with Gasteiger partial charge < -0.3 is 15.0 Å². The Balaban J connectivity index is 1.63. The molecule has 0 fully saturated rings. The number of hydrogen-bond donors (Lipinski definition) is 1. The number of likely N-dealkylation sites (N-methyl/N-ethyl adjacent to an activating group) is 1. The summed E-state index contributed by atoms with van der Waals surface area (Å²) < 4.78 is 19.0. The zero-order valence-corrected chi connectivity index (χ0v) is 16.6. The highest BCUT2D eigenvalue weighted by Crippen LogP contribution is 2.27. The molecule has 5 nitrogen and oxygen atoms in total. The fraction of sp³-hybridized carbons (Fsp3) is 0.238. The Morgan fingerprint density at radius 3 is 2.82 bits per heavy atom. The molecule has 0 saturated carbocycles. The fourth-order valence-electron chi connectivity index (χ4n) is 2.51. The van der Waals surface area contributed by atoms with Gasteiger partial charge in [0.2, 0.25) is 0 Å². The van der Waals surface area contributed by atoms with Crippen LogP contribution in [0.15, 0.2) is 53.9 Å². The van der Waals surface area contributed by atoms with Gasteiger partial charge in [0.1, 0.15) is 28.9 Å². The summed E-state index contributed by atoms with van der Waals surface area (Å²) in [5.41, 5.74) is 2.04. The summed E-state index contributed by atoms with van der Waals surface area (Å²) >= 11 is 1.41. The van der Waals surface area contributed by atoms with Crippen molar-refractivity contribution in [2.75, 3.05) is 27.2 Å². The standard InChI is InChI=1S/C21H22FN3O2S/c1-25(2)10-9-23-20(26)19-14-28-21(24-19)16-6-4-8-18(12-16)27-13-15-5-3-7-17(22)11-15/h3-8,11-12,14H,9-10,13H2,1-2H3,(H,23,26). The van der Waals surface area contributed by atoms with Crippen LogP contribution in [0.5, 0.6) is 5.75 Å². The second-order valence-corrected chi connectivity index (χ2v) is 7.40. The molecule has 0 aliphatic carbocycles. The van der Waals surface area contributed by atoms with Gasteiger partial charge in [0.15, 0.2) is 0 Å². The number of carbonyl (C=O) groups is 1. The molecule has 0 unspecified atom stereocenters. The Morgan fingerprint density at radius 1 is 1.21 bits per heavy atom. The molecule has 1 N–H and O–H groups in total. The highest BCUT2D eigenvalue weighted by atomic mass is 32.1. The lowest BCUT2D eigenvalue weighted by Gasteiger charge is -2.09. The molecule has 0 saturated heterocycles. The van der Waals surface area contributed by atoms with Gasteiger partial charge in [-0.3, -0.25) is 4.79 Å². The van der Waals surface area contributed by atoms with Crippen molar-refractivity contribution in [1.82, 2.24) is 15.2 Å². The number of amides is 1. The van der Waals surface area contributed by atoms with Gasteiger partial charge in [-0.15, -0.1) is 11.3 Å². The molecule has 1 aromatic heterocycles. The van der Waals surface area contributed by atoms with Crippen LogP contribution < -0.4 is 10.1 Å². The van der Waals surface area contributed by atoms with Crippen LogP contribution in [0.3, 0.4) is 0 Å². The third-order valence-corrected chi connectivity index (χ3v) is 4.85. The van der Waals surface area contributed by atoms with Gasteiger partial charge in [0, 0.05) is 24.0 Å². The van der Waals surface area contributed by atoms with Crippen molar-refractivity contribution in [1.29, 1.82) is 0 Å². The minimum atomic E-state index is -0.283. The van der Waals surface area contributed by atoms with E-state index in [-0.39, 0.29) is 18.3 Å². The number of nitrogens with zero attached hydrogens (tertiary/aromatic N) is 2. The molecular weight excluding hydrogens is 377 g/mol. The van der Waals surface area contributed by atoms with Gasteiger partial charge >= 0.3 is 0 Å². The molecule has 3 aromatic rings. The van der Waals surface area contributed by atoms with Crippen LogP contribution in [-0.4, -0.2) is 43.0 Å². The van der Waals surface area contributed by atoms with E-state index >= 15 is 0 Å². The predicted molar refractivity (Wildman–Crippen MR) is 109 cm³/mol. The molecule has 146 valence electrons. The molecule has 28 heavy (non-hydrogen) atoms. The summed E-state index contributed by atoms with van der Waals surface area (Å²) in [5.74, 6) is 0.200. The topological polar surface area (TPSA) is 54.5 Å². The van der Waals surface area contributed by atoms with Crippen molar-refractivity contribution in [2.24, 2.45) is 0 Å². The summed E-state index contributed by atoms with van der Waals surface area (Å²) in [6.45, 7) is 1.62. The zero-order chi connectivity index (χ0) is 19.9. The lowest BCUT2D eigenvalue weighted by Crippen LogP contribution is -2.31. The van der Waals surface area contributed by atoms with E-state index in [9.17, 15) is 9.18 Å². The molecule has 0 bridgehead atoms. The maximum absolute atomic E-state index is 13.3. The van der Waals surface area contributed by atoms with E-state index in [0.29, 0.717) is 18.0 Å². The van der Waals surface area contributed by atoms with E-state index in [2.05, 4.69) is 10.3 Å². The molecule has 0 atom stereocenters. The molecule has 7 heteroatoms. The van der Waals surface area contributed by atoms with Crippen LogP contribution in [0, 0.1) is 5.82 Å². The summed E-state index contributed by atoms with van der Waals surface area (Å²) in [5, 5.41) is 5.35. The number of hydrogen-bond acceptors (Lipinski definition) is 5. The minimum Gasteiger partial charge on any atom is -0.489 e. The smallest absolute Gasteiger partial charge is 0.270 e. The van der Waals surface area contributed by atoms with Crippen LogP contribution in [0.4, 0.5) is 4.39 Å². The van der Waals surface area contributed by atoms with Crippen molar-refractivity contribution >= 4 is 17.2 Å². The average Bonchev–Trinajstić information content (AvgIpc) is 3.17. The minimum absolute atomic E-state index is 0.178. The Morgan fingerprint density at radius 2 is 2.04 bits per heavy atom. The lowest BCUT2D eigenvalue weighted by atomic mass is 10.2. The molecule has 0 radical (unpaired) electrons. The third kappa shape index (κ3) is 5.61. The van der Waals surface area contributed by atoms with E-state index in [1.807, 2.05) is 49.3 Å². The van der Waals surface area contributed by atoms with E-state index < -0.39 is 0 Å². The lowest BCUT2D eigenvalue weighted by molar-refractivity contribution is 0.0947. The molecule has 3 rings (SSSR count). The number of halogens is 1. The van der Waals surface area contributed by atoms with Gasteiger partial charge in [-0.05, 0) is 43.9 Å². The molecular formula is C21H22FN3O2S. The molecule has 2 aromatic carbocycles. The number of benzene rings is 2. The number of carbonyl (C=O) groups excluding carboxylic acids is 1.